The van der Waals surface area contributed by atoms with Crippen molar-refractivity contribution in [1.29, 1.82) is 0 Å². The van der Waals surface area contributed by atoms with Crippen molar-refractivity contribution in [3.63, 3.8) is 0 Å². The normalized spacial score (nSPS) is 10.3. The van der Waals surface area contributed by atoms with E-state index in [0.29, 0.717) is 5.56 Å². The molecule has 6 heteroatoms. The van der Waals surface area contributed by atoms with Crippen LogP contribution in [0.4, 0.5) is 4.39 Å². The molecule has 0 radical (unpaired) electrons. The van der Waals surface area contributed by atoms with Gasteiger partial charge in [-0.3, -0.25) is 9.36 Å². The van der Waals surface area contributed by atoms with Crippen LogP contribution in [0.25, 0.3) is 5.82 Å². The minimum absolute atomic E-state index is 0.0412. The van der Waals surface area contributed by atoms with Crippen LogP contribution < -0.4 is 5.56 Å². The highest BCUT2D eigenvalue weighted by molar-refractivity contribution is 5.90. The average Bonchev–Trinajstić information content (AvgIpc) is 2.41. The van der Waals surface area contributed by atoms with E-state index in [-0.39, 0.29) is 18.0 Å². The third-order valence-electron chi connectivity index (χ3n) is 2.74. The Morgan fingerprint density at radius 1 is 1.40 bits per heavy atom. The maximum atomic E-state index is 12.9. The van der Waals surface area contributed by atoms with Gasteiger partial charge in [-0.05, 0) is 37.6 Å². The highest BCUT2D eigenvalue weighted by atomic mass is 19.1. The van der Waals surface area contributed by atoms with Gasteiger partial charge in [-0.2, -0.15) is 0 Å². The molecule has 0 aliphatic carbocycles. The first-order valence-electron chi connectivity index (χ1n) is 6.06. The summed E-state index contributed by atoms with van der Waals surface area (Å²) in [7, 11) is 0. The van der Waals surface area contributed by atoms with E-state index in [2.05, 4.69) is 4.98 Å². The summed E-state index contributed by atoms with van der Waals surface area (Å²) < 4.78 is 18.9. The molecule has 0 saturated heterocycles. The minimum Gasteiger partial charge on any atom is -0.462 e. The molecule has 2 rings (SSSR count). The number of aromatic nitrogens is 2. The molecule has 20 heavy (non-hydrogen) atoms. The second kappa shape index (κ2) is 5.64. The van der Waals surface area contributed by atoms with Gasteiger partial charge in [0.25, 0.3) is 5.56 Å². The first-order valence-corrected chi connectivity index (χ1v) is 6.06. The summed E-state index contributed by atoms with van der Waals surface area (Å²) in [6.45, 7) is 3.49. The molecule has 2 aromatic heterocycles. The Balaban J connectivity index is 2.57. The molecule has 0 saturated carbocycles. The van der Waals surface area contributed by atoms with Crippen molar-refractivity contribution in [2.75, 3.05) is 6.61 Å². The fraction of sp³-hybridized carbons (Fsp3) is 0.214. The molecule has 0 aliphatic heterocycles. The second-order valence-corrected chi connectivity index (χ2v) is 4.10. The lowest BCUT2D eigenvalue weighted by molar-refractivity contribution is 0.0523. The van der Waals surface area contributed by atoms with Crippen molar-refractivity contribution in [1.82, 2.24) is 9.55 Å². The highest BCUT2D eigenvalue weighted by Crippen LogP contribution is 2.08. The van der Waals surface area contributed by atoms with Crippen LogP contribution in [0.15, 0.2) is 35.4 Å². The maximum absolute atomic E-state index is 12.9. The summed E-state index contributed by atoms with van der Waals surface area (Å²) in [6.07, 6.45) is 2.49. The SMILES string of the molecule is CCOC(=O)c1c(C)ccn(-c2ccc(F)cn2)c1=O. The van der Waals surface area contributed by atoms with E-state index >= 15 is 0 Å². The number of nitrogens with zero attached hydrogens (tertiary/aromatic N) is 2. The number of esters is 1. The summed E-state index contributed by atoms with van der Waals surface area (Å²) in [4.78, 5) is 27.9. The standard InChI is InChI=1S/C14H13FN2O3/c1-3-20-14(19)12-9(2)6-7-17(13(12)18)11-5-4-10(15)8-16-11/h4-8H,3H2,1-2H3. The van der Waals surface area contributed by atoms with Crippen LogP contribution in [0.1, 0.15) is 22.8 Å². The number of carbonyl (C=O) groups is 1. The lowest BCUT2D eigenvalue weighted by atomic mass is 10.1. The minimum atomic E-state index is -0.675. The molecule has 104 valence electrons. The molecule has 0 aliphatic rings. The quantitative estimate of drug-likeness (QED) is 0.803. The van der Waals surface area contributed by atoms with Crippen molar-refractivity contribution < 1.29 is 13.9 Å². The maximum Gasteiger partial charge on any atom is 0.344 e. The summed E-state index contributed by atoms with van der Waals surface area (Å²) in [6, 6.07) is 4.17. The molecule has 0 spiro atoms. The van der Waals surface area contributed by atoms with Crippen LogP contribution in [0.5, 0.6) is 0 Å². The summed E-state index contributed by atoms with van der Waals surface area (Å²) in [5.41, 5.74) is -0.0603. The Hall–Kier alpha value is -2.50. The molecule has 0 atom stereocenters. The zero-order valence-electron chi connectivity index (χ0n) is 11.1. The van der Waals surface area contributed by atoms with Crippen molar-refractivity contribution in [2.45, 2.75) is 13.8 Å². The Labute approximate surface area is 114 Å². The van der Waals surface area contributed by atoms with Gasteiger partial charge in [0.15, 0.2) is 0 Å². The van der Waals surface area contributed by atoms with E-state index in [0.717, 1.165) is 6.20 Å². The van der Waals surface area contributed by atoms with E-state index in [1.807, 2.05) is 0 Å². The van der Waals surface area contributed by atoms with Gasteiger partial charge >= 0.3 is 5.97 Å². The number of aryl methyl sites for hydroxylation is 1. The predicted molar refractivity (Wildman–Crippen MR) is 70.5 cm³/mol. The molecule has 2 heterocycles. The van der Waals surface area contributed by atoms with Crippen LogP contribution in [-0.4, -0.2) is 22.1 Å². The number of hydrogen-bond donors (Lipinski definition) is 0. The summed E-state index contributed by atoms with van der Waals surface area (Å²) >= 11 is 0. The zero-order chi connectivity index (χ0) is 14.7. The van der Waals surface area contributed by atoms with E-state index in [9.17, 15) is 14.0 Å². The second-order valence-electron chi connectivity index (χ2n) is 4.10. The van der Waals surface area contributed by atoms with E-state index < -0.39 is 17.3 Å². The van der Waals surface area contributed by atoms with Crippen LogP contribution >= 0.6 is 0 Å². The molecule has 0 aromatic carbocycles. The Kier molecular flexibility index (Phi) is 3.93. The van der Waals surface area contributed by atoms with E-state index in [1.165, 1.54) is 22.9 Å². The summed E-state index contributed by atoms with van der Waals surface area (Å²) in [5.74, 6) is -0.937. The first kappa shape index (κ1) is 13.9. The van der Waals surface area contributed by atoms with Gasteiger partial charge in [0.2, 0.25) is 0 Å². The van der Waals surface area contributed by atoms with Crippen LogP contribution in [-0.2, 0) is 4.74 Å². The number of hydrogen-bond acceptors (Lipinski definition) is 4. The molecular formula is C14H13FN2O3. The fourth-order valence-corrected chi connectivity index (χ4v) is 1.77. The average molecular weight is 276 g/mol. The summed E-state index contributed by atoms with van der Waals surface area (Å²) in [5, 5.41) is 0. The van der Waals surface area contributed by atoms with Gasteiger partial charge in [0.05, 0.1) is 12.8 Å². The predicted octanol–water partition coefficient (Wildman–Crippen LogP) is 1.86. The largest absolute Gasteiger partial charge is 0.462 e. The van der Waals surface area contributed by atoms with E-state index in [1.54, 1.807) is 19.9 Å². The van der Waals surface area contributed by atoms with Gasteiger partial charge in [0.1, 0.15) is 17.2 Å². The topological polar surface area (TPSA) is 61.2 Å². The first-order chi connectivity index (χ1) is 9.54. The number of rotatable bonds is 3. The molecule has 0 unspecified atom stereocenters. The number of carbonyl (C=O) groups excluding carboxylic acids is 1. The molecule has 2 aromatic rings. The third kappa shape index (κ3) is 2.59. The van der Waals surface area contributed by atoms with Crippen molar-refractivity contribution in [3.8, 4) is 5.82 Å². The number of ether oxygens (including phenoxy) is 1. The number of halogens is 1. The van der Waals surface area contributed by atoms with Crippen LogP contribution in [0.3, 0.4) is 0 Å². The molecule has 5 nitrogen and oxygen atoms in total. The number of pyridine rings is 2. The van der Waals surface area contributed by atoms with Crippen molar-refractivity contribution >= 4 is 5.97 Å². The smallest absolute Gasteiger partial charge is 0.344 e. The van der Waals surface area contributed by atoms with Gasteiger partial charge in [-0.25, -0.2) is 14.2 Å². The monoisotopic (exact) mass is 276 g/mol. The van der Waals surface area contributed by atoms with Crippen LogP contribution in [0, 0.1) is 12.7 Å². The van der Waals surface area contributed by atoms with E-state index in [4.69, 9.17) is 4.74 Å². The molecule has 0 bridgehead atoms. The van der Waals surface area contributed by atoms with Gasteiger partial charge in [-0.15, -0.1) is 0 Å². The third-order valence-corrected chi connectivity index (χ3v) is 2.74. The van der Waals surface area contributed by atoms with Crippen LogP contribution in [0.2, 0.25) is 0 Å². The van der Waals surface area contributed by atoms with Gasteiger partial charge in [-0.1, -0.05) is 0 Å². The molecule has 0 amide bonds. The van der Waals surface area contributed by atoms with Gasteiger partial charge < -0.3 is 4.74 Å². The molecule has 0 N–H and O–H groups in total. The Bertz CT molecular complexity index is 693. The van der Waals surface area contributed by atoms with Crippen molar-refractivity contribution in [3.05, 3.63) is 57.9 Å². The fourth-order valence-electron chi connectivity index (χ4n) is 1.77. The van der Waals surface area contributed by atoms with Crippen molar-refractivity contribution in [2.24, 2.45) is 0 Å². The Morgan fingerprint density at radius 3 is 2.75 bits per heavy atom. The lowest BCUT2D eigenvalue weighted by Crippen LogP contribution is -2.27. The molecular weight excluding hydrogens is 263 g/mol. The highest BCUT2D eigenvalue weighted by Gasteiger charge is 2.17. The lowest BCUT2D eigenvalue weighted by Gasteiger charge is -2.09. The zero-order valence-corrected chi connectivity index (χ0v) is 11.1. The molecule has 0 fully saturated rings. The Morgan fingerprint density at radius 2 is 2.15 bits per heavy atom. The van der Waals surface area contributed by atoms with Gasteiger partial charge in [0, 0.05) is 6.20 Å².